The number of para-hydroxylation sites is 2. The molecule has 11 nitrogen and oxygen atoms in total. The molecule has 0 spiro atoms. The molecule has 2 saturated heterocycles. The van der Waals surface area contributed by atoms with Gasteiger partial charge in [0.25, 0.3) is 0 Å². The molecule has 6 unspecified atom stereocenters. The number of aliphatic hydroxyl groups is 1. The second kappa shape index (κ2) is 22.2. The number of nitrogen functional groups attached to an aromatic ring is 1. The lowest BCUT2D eigenvalue weighted by Gasteiger charge is -2.50. The number of likely N-dealkylation sites (tertiary alicyclic amines) is 1. The maximum atomic E-state index is 13.9. The predicted octanol–water partition coefficient (Wildman–Crippen LogP) is 9.51. The van der Waals surface area contributed by atoms with E-state index >= 15 is 0 Å². The first kappa shape index (κ1) is 46.9. The number of hydrogen-bond donors (Lipinski definition) is 5. The van der Waals surface area contributed by atoms with Gasteiger partial charge in [-0.2, -0.15) is 0 Å². The predicted molar refractivity (Wildman–Crippen MR) is 253 cm³/mol. The molecule has 3 aliphatic rings. The number of benzene rings is 4. The Balaban J connectivity index is 0.977. The number of unbranched alkanes of at least 4 members (excludes halogenated alkanes) is 3. The molecule has 0 aromatic heterocycles. The van der Waals surface area contributed by atoms with Crippen molar-refractivity contribution in [3.05, 3.63) is 119 Å². The maximum Gasteiger partial charge on any atom is 0.237 e. The van der Waals surface area contributed by atoms with E-state index in [1.807, 2.05) is 69.3 Å². The molecule has 4 aromatic carbocycles. The third-order valence-electron chi connectivity index (χ3n) is 13.1. The van der Waals surface area contributed by atoms with E-state index in [2.05, 4.69) is 57.2 Å². The molecule has 7 rings (SSSR count). The van der Waals surface area contributed by atoms with Crippen LogP contribution in [0.1, 0.15) is 139 Å². The van der Waals surface area contributed by atoms with Gasteiger partial charge in [-0.25, -0.2) is 0 Å². The number of ether oxygens (including phenoxy) is 2. The Bertz CT molecular complexity index is 2150. The number of fused-ring (bicyclic) bond motifs is 1. The first-order valence-electron chi connectivity index (χ1n) is 23.6. The molecule has 64 heavy (non-hydrogen) atoms. The highest BCUT2D eigenvalue weighted by atomic mass is 16.7. The summed E-state index contributed by atoms with van der Waals surface area (Å²) in [5.41, 5.74) is 12.7. The van der Waals surface area contributed by atoms with E-state index in [1.54, 1.807) is 12.1 Å². The number of anilines is 2. The number of amides is 3. The van der Waals surface area contributed by atoms with Gasteiger partial charge in [-0.15, -0.1) is 0 Å². The van der Waals surface area contributed by atoms with Crippen LogP contribution in [0.25, 0.3) is 11.1 Å². The van der Waals surface area contributed by atoms with Gasteiger partial charge in [-0.05, 0) is 105 Å². The zero-order valence-corrected chi connectivity index (χ0v) is 38.0. The molecule has 2 aliphatic heterocycles. The van der Waals surface area contributed by atoms with Crippen molar-refractivity contribution >= 4 is 29.1 Å². The molecule has 0 bridgehead atoms. The molecule has 4 aromatic rings. The molecule has 6 N–H and O–H groups in total. The molecule has 342 valence electrons. The van der Waals surface area contributed by atoms with Gasteiger partial charge in [-0.1, -0.05) is 111 Å². The average Bonchev–Trinajstić information content (AvgIpc) is 3.30. The van der Waals surface area contributed by atoms with Crippen LogP contribution in [0.5, 0.6) is 0 Å². The Kier molecular flexibility index (Phi) is 16.3. The fraction of sp³-hybridized carbons (Fsp3) is 0.491. The van der Waals surface area contributed by atoms with E-state index < -0.39 is 6.29 Å². The molecular weight excluding hydrogens is 803 g/mol. The van der Waals surface area contributed by atoms with Crippen LogP contribution in [0.3, 0.4) is 0 Å². The highest BCUT2D eigenvalue weighted by Gasteiger charge is 2.44. The molecule has 3 fully saturated rings. The molecule has 11 heteroatoms. The van der Waals surface area contributed by atoms with Gasteiger partial charge >= 0.3 is 0 Å². The van der Waals surface area contributed by atoms with Crippen molar-refractivity contribution in [2.24, 2.45) is 5.92 Å². The van der Waals surface area contributed by atoms with E-state index in [1.165, 1.54) is 19.3 Å². The Labute approximate surface area is 379 Å². The molecule has 2 heterocycles. The van der Waals surface area contributed by atoms with Crippen molar-refractivity contribution in [1.82, 2.24) is 15.5 Å². The molecule has 6 atom stereocenters. The van der Waals surface area contributed by atoms with E-state index in [0.29, 0.717) is 55.7 Å². The van der Waals surface area contributed by atoms with Gasteiger partial charge in [0.05, 0.1) is 36.2 Å². The van der Waals surface area contributed by atoms with Crippen molar-refractivity contribution in [1.29, 1.82) is 0 Å². The fourth-order valence-electron chi connectivity index (χ4n) is 9.80. The summed E-state index contributed by atoms with van der Waals surface area (Å²) >= 11 is 0. The summed E-state index contributed by atoms with van der Waals surface area (Å²) < 4.78 is 13.7. The van der Waals surface area contributed by atoms with Crippen LogP contribution in [0, 0.1) is 5.92 Å². The summed E-state index contributed by atoms with van der Waals surface area (Å²) in [6.45, 7) is 7.19. The van der Waals surface area contributed by atoms with Crippen molar-refractivity contribution in [3.8, 4) is 11.1 Å². The number of piperidine rings is 1. The van der Waals surface area contributed by atoms with Crippen LogP contribution >= 0.6 is 0 Å². The number of hydrogen-bond acceptors (Lipinski definition) is 8. The summed E-state index contributed by atoms with van der Waals surface area (Å²) in [7, 11) is 0. The summed E-state index contributed by atoms with van der Waals surface area (Å²) in [5, 5.41) is 19.0. The van der Waals surface area contributed by atoms with Gasteiger partial charge in [0.2, 0.25) is 17.7 Å². The summed E-state index contributed by atoms with van der Waals surface area (Å²) in [6, 6.07) is 31.8. The number of aliphatic hydroxyl groups excluding tert-OH is 1. The summed E-state index contributed by atoms with van der Waals surface area (Å²) in [5.74, 6) is 0.654. The van der Waals surface area contributed by atoms with Gasteiger partial charge < -0.3 is 36.3 Å². The van der Waals surface area contributed by atoms with Crippen LogP contribution < -0.4 is 21.7 Å². The average molecular weight is 872 g/mol. The van der Waals surface area contributed by atoms with Crippen molar-refractivity contribution in [3.63, 3.8) is 0 Å². The number of nitrogens with two attached hydrogens (primary N) is 1. The van der Waals surface area contributed by atoms with Crippen LogP contribution in [-0.2, 0) is 37.0 Å². The topological polar surface area (TPSA) is 155 Å². The van der Waals surface area contributed by atoms with E-state index in [9.17, 15) is 19.5 Å². The van der Waals surface area contributed by atoms with E-state index in [4.69, 9.17) is 15.2 Å². The first-order valence-corrected chi connectivity index (χ1v) is 23.6. The molecule has 1 saturated carbocycles. The number of nitrogens with zero attached hydrogens (tertiary/aromatic N) is 1. The quantitative estimate of drug-likeness (QED) is 0.0519. The van der Waals surface area contributed by atoms with Crippen molar-refractivity contribution in [2.75, 3.05) is 17.6 Å². The minimum absolute atomic E-state index is 0.00821. The Morgan fingerprint density at radius 1 is 0.766 bits per heavy atom. The summed E-state index contributed by atoms with van der Waals surface area (Å²) in [4.78, 5) is 41.6. The standard InChI is InChI=1S/C53H69N5O6/c1-53(2,3)57-51(62)47-31-30-38-14-9-13-19-46(38)58(47)34-42-32-48(39-24-22-36(35-59)23-25-39)64-52(63-42)40-28-26-37(27-29-40)43-16-10-8-15-41(43)33-55-49(60)20-6-4-5-7-21-50(61)56-45-18-12-11-17-44(45)54/h8,10-12,15-18,22-29,38,42,46-48,52,59H,4-7,9,13-14,19-21,30-35,54H2,1-3H3,(H,55,60)(H,56,61)(H,57,62). The van der Waals surface area contributed by atoms with E-state index in [-0.39, 0.29) is 48.1 Å². The highest BCUT2D eigenvalue weighted by molar-refractivity contribution is 5.93. The lowest BCUT2D eigenvalue weighted by Crippen LogP contribution is -2.61. The SMILES string of the molecule is CC(C)(C)NC(=O)C1CCC2CCCCC2N1CC1CC(c2ccc(CO)cc2)OC(c2ccc(-c3ccccc3CNC(=O)CCCCCCC(=O)Nc3ccccc3N)cc2)O1. The number of carbonyl (C=O) groups is 3. The van der Waals surface area contributed by atoms with Gasteiger partial charge in [0.1, 0.15) is 0 Å². The first-order chi connectivity index (χ1) is 30.9. The van der Waals surface area contributed by atoms with Gasteiger partial charge in [0.15, 0.2) is 6.29 Å². The second-order valence-corrected chi connectivity index (χ2v) is 19.1. The minimum atomic E-state index is -0.621. The molecule has 3 amide bonds. The van der Waals surface area contributed by atoms with Crippen LogP contribution in [0.2, 0.25) is 0 Å². The smallest absolute Gasteiger partial charge is 0.237 e. The monoisotopic (exact) mass is 872 g/mol. The second-order valence-electron chi connectivity index (χ2n) is 19.1. The third kappa shape index (κ3) is 12.8. The number of carbonyl (C=O) groups excluding carboxylic acids is 3. The lowest BCUT2D eigenvalue weighted by molar-refractivity contribution is -0.255. The van der Waals surface area contributed by atoms with Crippen molar-refractivity contribution < 1.29 is 29.0 Å². The van der Waals surface area contributed by atoms with Crippen LogP contribution in [0.15, 0.2) is 97.1 Å². The van der Waals surface area contributed by atoms with Crippen LogP contribution in [-0.4, -0.2) is 58.0 Å². The van der Waals surface area contributed by atoms with Gasteiger partial charge in [0, 0.05) is 49.5 Å². The van der Waals surface area contributed by atoms with Crippen LogP contribution in [0.4, 0.5) is 11.4 Å². The molecular formula is C53H69N5O6. The minimum Gasteiger partial charge on any atom is -0.397 e. The molecule has 0 radical (unpaired) electrons. The lowest BCUT2D eigenvalue weighted by atomic mass is 9.75. The Morgan fingerprint density at radius 2 is 1.45 bits per heavy atom. The highest BCUT2D eigenvalue weighted by Crippen LogP contribution is 2.42. The largest absolute Gasteiger partial charge is 0.397 e. The number of rotatable bonds is 17. The normalized spacial score (nSPS) is 22.6. The summed E-state index contributed by atoms with van der Waals surface area (Å²) in [6.07, 6.45) is 10.4. The molecule has 1 aliphatic carbocycles. The fourth-order valence-corrected chi connectivity index (χ4v) is 9.80. The van der Waals surface area contributed by atoms with E-state index in [0.717, 1.165) is 78.3 Å². The zero-order valence-electron chi connectivity index (χ0n) is 38.0. The Morgan fingerprint density at radius 3 is 2.19 bits per heavy atom. The zero-order chi connectivity index (χ0) is 45.1. The maximum absolute atomic E-state index is 13.9. The third-order valence-corrected chi connectivity index (χ3v) is 13.1. The Hall–Kier alpha value is -5.07. The number of nitrogens with one attached hydrogen (secondary N) is 3. The van der Waals surface area contributed by atoms with Crippen molar-refractivity contribution in [2.45, 2.75) is 154 Å². The van der Waals surface area contributed by atoms with Gasteiger partial charge in [-0.3, -0.25) is 19.3 Å².